The van der Waals surface area contributed by atoms with E-state index >= 15 is 0 Å². The molecule has 0 radical (unpaired) electrons. The maximum absolute atomic E-state index is 13.6. The number of H-pyrrole nitrogens is 1. The SMILES string of the molecule is Cc1c(C(=O)C(=O)N[C@H](CC(F)(F)F)c2cn[nH]n2)c(C)n(C)c1C(=O)Nc1ccc(F)c(C#N)c1. The van der Waals surface area contributed by atoms with Gasteiger partial charge < -0.3 is 15.2 Å². The molecule has 10 nitrogen and oxygen atoms in total. The topological polar surface area (TPSA) is 146 Å². The van der Waals surface area contributed by atoms with Crippen LogP contribution in [-0.2, 0) is 11.8 Å². The molecular weight excluding hydrogens is 486 g/mol. The second-order valence-electron chi connectivity index (χ2n) is 7.82. The van der Waals surface area contributed by atoms with Crippen molar-refractivity contribution in [2.24, 2.45) is 7.05 Å². The van der Waals surface area contributed by atoms with Crippen LogP contribution in [-0.4, -0.2) is 43.8 Å². The third kappa shape index (κ3) is 5.40. The van der Waals surface area contributed by atoms with Crippen molar-refractivity contribution in [2.45, 2.75) is 32.5 Å². The molecule has 0 aliphatic rings. The number of carbonyl (C=O) groups is 3. The molecular formula is C22H19F4N7O3. The number of halogens is 4. The zero-order valence-corrected chi connectivity index (χ0v) is 19.1. The van der Waals surface area contributed by atoms with Gasteiger partial charge in [0.1, 0.15) is 23.3 Å². The lowest BCUT2D eigenvalue weighted by molar-refractivity contribution is -0.142. The number of benzene rings is 1. The summed E-state index contributed by atoms with van der Waals surface area (Å²) in [4.78, 5) is 38.5. The molecule has 2 aromatic heterocycles. The minimum Gasteiger partial charge on any atom is -0.343 e. The third-order valence-electron chi connectivity index (χ3n) is 5.46. The molecule has 0 fully saturated rings. The number of nitrogens with one attached hydrogen (secondary N) is 3. The Morgan fingerprint density at radius 3 is 2.53 bits per heavy atom. The molecule has 2 heterocycles. The molecule has 1 atom stereocenters. The van der Waals surface area contributed by atoms with Gasteiger partial charge in [0.25, 0.3) is 17.6 Å². The molecule has 36 heavy (non-hydrogen) atoms. The van der Waals surface area contributed by atoms with E-state index in [1.165, 1.54) is 31.5 Å². The Hall–Kier alpha value is -4.54. The lowest BCUT2D eigenvalue weighted by Crippen LogP contribution is -2.37. The van der Waals surface area contributed by atoms with E-state index in [0.29, 0.717) is 0 Å². The summed E-state index contributed by atoms with van der Waals surface area (Å²) in [6.45, 7) is 2.86. The molecule has 0 aliphatic carbocycles. The Bertz CT molecular complexity index is 1370. The molecule has 3 N–H and O–H groups in total. The van der Waals surface area contributed by atoms with Gasteiger partial charge in [-0.15, -0.1) is 0 Å². The molecule has 188 valence electrons. The molecule has 0 aliphatic heterocycles. The van der Waals surface area contributed by atoms with E-state index in [1.54, 1.807) is 6.07 Å². The normalized spacial score (nSPS) is 12.1. The van der Waals surface area contributed by atoms with Crippen LogP contribution < -0.4 is 10.6 Å². The summed E-state index contributed by atoms with van der Waals surface area (Å²) in [7, 11) is 1.46. The van der Waals surface area contributed by atoms with Gasteiger partial charge in [0, 0.05) is 18.4 Å². The minimum atomic E-state index is -4.67. The lowest BCUT2D eigenvalue weighted by atomic mass is 10.0. The summed E-state index contributed by atoms with van der Waals surface area (Å²) < 4.78 is 53.9. The largest absolute Gasteiger partial charge is 0.391 e. The van der Waals surface area contributed by atoms with Gasteiger partial charge in [0.05, 0.1) is 29.8 Å². The van der Waals surface area contributed by atoms with Gasteiger partial charge in [-0.05, 0) is 37.6 Å². The zero-order valence-electron chi connectivity index (χ0n) is 19.1. The molecule has 14 heteroatoms. The number of nitriles is 1. The number of rotatable bonds is 7. The van der Waals surface area contributed by atoms with Crippen LogP contribution in [0.4, 0.5) is 23.2 Å². The second-order valence-corrected chi connectivity index (χ2v) is 7.82. The predicted octanol–water partition coefficient (Wildman–Crippen LogP) is 3.02. The fourth-order valence-electron chi connectivity index (χ4n) is 3.69. The maximum atomic E-state index is 13.6. The first-order chi connectivity index (χ1) is 16.8. The predicted molar refractivity (Wildman–Crippen MR) is 116 cm³/mol. The van der Waals surface area contributed by atoms with Crippen LogP contribution in [0.1, 0.15) is 55.8 Å². The number of aromatic amines is 1. The standard InChI is InChI=1S/C22H19F4N7O3/c1-10-17(19(34)21(36)30-15(7-22(24,25)26)16-9-28-32-31-16)11(2)33(3)18(10)20(35)29-13-4-5-14(23)12(6-13)8-27/h4-6,9,15H,7H2,1-3H3,(H,29,35)(H,30,36)(H,28,31,32)/t15-/m1/s1. The number of carbonyl (C=O) groups excluding carboxylic acids is 3. The molecule has 0 unspecified atom stereocenters. The van der Waals surface area contributed by atoms with Gasteiger partial charge in [0.2, 0.25) is 0 Å². The third-order valence-corrected chi connectivity index (χ3v) is 5.46. The van der Waals surface area contributed by atoms with Crippen LogP contribution in [0.15, 0.2) is 24.4 Å². The van der Waals surface area contributed by atoms with Gasteiger partial charge in [-0.25, -0.2) is 4.39 Å². The zero-order chi connectivity index (χ0) is 26.8. The van der Waals surface area contributed by atoms with Gasteiger partial charge >= 0.3 is 6.18 Å². The van der Waals surface area contributed by atoms with Crippen molar-refractivity contribution < 1.29 is 31.9 Å². The molecule has 0 spiro atoms. The fourth-order valence-corrected chi connectivity index (χ4v) is 3.69. The maximum Gasteiger partial charge on any atom is 0.391 e. The Morgan fingerprint density at radius 1 is 1.25 bits per heavy atom. The number of ketones is 1. The number of alkyl halides is 3. The highest BCUT2D eigenvalue weighted by Gasteiger charge is 2.36. The lowest BCUT2D eigenvalue weighted by Gasteiger charge is -2.17. The molecule has 2 amide bonds. The van der Waals surface area contributed by atoms with E-state index in [2.05, 4.69) is 20.7 Å². The average Bonchev–Trinajstić information content (AvgIpc) is 3.40. The summed E-state index contributed by atoms with van der Waals surface area (Å²) in [6.07, 6.45) is -5.16. The summed E-state index contributed by atoms with van der Waals surface area (Å²) in [5, 5.41) is 22.6. The number of anilines is 1. The van der Waals surface area contributed by atoms with Gasteiger partial charge in [-0.1, -0.05) is 0 Å². The van der Waals surface area contributed by atoms with Crippen LogP contribution in [0.2, 0.25) is 0 Å². The van der Waals surface area contributed by atoms with Gasteiger partial charge in [-0.3, -0.25) is 14.4 Å². The molecule has 0 bridgehead atoms. The Morgan fingerprint density at radius 2 is 1.94 bits per heavy atom. The molecule has 3 rings (SSSR count). The van der Waals surface area contributed by atoms with Gasteiger partial charge in [-0.2, -0.15) is 33.8 Å². The van der Waals surface area contributed by atoms with E-state index in [4.69, 9.17) is 5.26 Å². The summed E-state index contributed by atoms with van der Waals surface area (Å²) in [5.74, 6) is -3.96. The number of aromatic nitrogens is 4. The van der Waals surface area contributed by atoms with Crippen molar-refractivity contribution >= 4 is 23.3 Å². The first-order valence-electron chi connectivity index (χ1n) is 10.3. The number of hydrogen-bond donors (Lipinski definition) is 3. The van der Waals surface area contributed by atoms with Crippen LogP contribution in [0, 0.1) is 31.0 Å². The van der Waals surface area contributed by atoms with Crippen LogP contribution in [0.3, 0.4) is 0 Å². The van der Waals surface area contributed by atoms with Crippen LogP contribution >= 0.6 is 0 Å². The number of hydrogen-bond acceptors (Lipinski definition) is 6. The van der Waals surface area contributed by atoms with Crippen LogP contribution in [0.25, 0.3) is 0 Å². The fraction of sp³-hybridized carbons (Fsp3) is 0.273. The van der Waals surface area contributed by atoms with Crippen molar-refractivity contribution in [3.63, 3.8) is 0 Å². The highest BCUT2D eigenvalue weighted by Crippen LogP contribution is 2.29. The van der Waals surface area contributed by atoms with Crippen LogP contribution in [0.5, 0.6) is 0 Å². The highest BCUT2D eigenvalue weighted by molar-refractivity contribution is 6.43. The Balaban J connectivity index is 1.88. The molecule has 0 saturated carbocycles. The van der Waals surface area contributed by atoms with Crippen molar-refractivity contribution in [1.29, 1.82) is 5.26 Å². The Kier molecular flexibility index (Phi) is 7.23. The molecule has 3 aromatic rings. The number of amides is 2. The molecule has 1 aromatic carbocycles. The van der Waals surface area contributed by atoms with E-state index in [1.807, 2.05) is 5.32 Å². The summed E-state index contributed by atoms with van der Waals surface area (Å²) >= 11 is 0. The quantitative estimate of drug-likeness (QED) is 0.256. The van der Waals surface area contributed by atoms with Crippen molar-refractivity contribution in [1.82, 2.24) is 25.3 Å². The highest BCUT2D eigenvalue weighted by atomic mass is 19.4. The van der Waals surface area contributed by atoms with Crippen molar-refractivity contribution in [3.05, 3.63) is 64.0 Å². The van der Waals surface area contributed by atoms with Crippen molar-refractivity contribution in [3.8, 4) is 6.07 Å². The summed E-state index contributed by atoms with van der Waals surface area (Å²) in [6, 6.07) is 3.35. The number of Topliss-reactive ketones (excluding diaryl/α,β-unsaturated/α-hetero) is 1. The van der Waals surface area contributed by atoms with E-state index in [9.17, 15) is 31.9 Å². The van der Waals surface area contributed by atoms with E-state index < -0.39 is 42.1 Å². The minimum absolute atomic E-state index is 0.0187. The van der Waals surface area contributed by atoms with Crippen molar-refractivity contribution in [2.75, 3.05) is 5.32 Å². The van der Waals surface area contributed by atoms with Gasteiger partial charge in [0.15, 0.2) is 0 Å². The Labute approximate surface area is 201 Å². The monoisotopic (exact) mass is 505 g/mol. The first-order valence-corrected chi connectivity index (χ1v) is 10.3. The first kappa shape index (κ1) is 26.1. The smallest absolute Gasteiger partial charge is 0.343 e. The van der Waals surface area contributed by atoms with E-state index in [0.717, 1.165) is 18.3 Å². The number of nitrogens with zero attached hydrogens (tertiary/aromatic N) is 4. The van der Waals surface area contributed by atoms with E-state index in [-0.39, 0.29) is 39.5 Å². The second kappa shape index (κ2) is 9.98. The summed E-state index contributed by atoms with van der Waals surface area (Å²) in [5.41, 5.74) is -0.263. The average molecular weight is 505 g/mol. The molecule has 0 saturated heterocycles.